The van der Waals surface area contributed by atoms with Crippen molar-refractivity contribution in [3.63, 3.8) is 0 Å². The van der Waals surface area contributed by atoms with Gasteiger partial charge in [-0.1, -0.05) is 20.8 Å². The van der Waals surface area contributed by atoms with Crippen molar-refractivity contribution in [1.29, 1.82) is 0 Å². The molecule has 1 aromatic rings. The highest BCUT2D eigenvalue weighted by Gasteiger charge is 2.19. The normalized spacial score (nSPS) is 15.8. The van der Waals surface area contributed by atoms with Crippen LogP contribution in [0.3, 0.4) is 0 Å². The molecular weight excluding hydrogens is 192 g/mol. The van der Waals surface area contributed by atoms with Crippen LogP contribution in [0, 0.1) is 11.8 Å². The quantitative estimate of drug-likeness (QED) is 0.581. The summed E-state index contributed by atoms with van der Waals surface area (Å²) < 4.78 is 0. The zero-order valence-electron chi connectivity index (χ0n) is 9.16. The van der Waals surface area contributed by atoms with Gasteiger partial charge in [0.05, 0.1) is 0 Å². The lowest BCUT2D eigenvalue weighted by Gasteiger charge is -2.26. The molecule has 2 atom stereocenters. The lowest BCUT2D eigenvalue weighted by Crippen LogP contribution is -2.43. The fourth-order valence-corrected chi connectivity index (χ4v) is 2.21. The molecule has 80 valence electrons. The monoisotopic (exact) mass is 212 g/mol. The first-order valence-electron chi connectivity index (χ1n) is 5.12. The smallest absolute Gasteiger partial charge is 0.0279 e. The van der Waals surface area contributed by atoms with Crippen molar-refractivity contribution in [2.75, 3.05) is 0 Å². The highest BCUT2D eigenvalue weighted by molar-refractivity contribution is 7.07. The standard InChI is InChI=1S/C11H20N2S/c1-8(2)9(3)11(13-12)6-10-4-5-14-7-10/h4-5,7-9,11,13H,6,12H2,1-3H3. The zero-order valence-corrected chi connectivity index (χ0v) is 9.97. The summed E-state index contributed by atoms with van der Waals surface area (Å²) in [5, 5.41) is 4.31. The predicted octanol–water partition coefficient (Wildman–Crippen LogP) is 2.41. The van der Waals surface area contributed by atoms with Crippen molar-refractivity contribution >= 4 is 11.3 Å². The number of nitrogens with two attached hydrogens (primary N) is 1. The van der Waals surface area contributed by atoms with Crippen molar-refractivity contribution in [3.05, 3.63) is 22.4 Å². The maximum Gasteiger partial charge on any atom is 0.0279 e. The second kappa shape index (κ2) is 5.49. The summed E-state index contributed by atoms with van der Waals surface area (Å²) in [6.45, 7) is 6.73. The Balaban J connectivity index is 2.55. The van der Waals surface area contributed by atoms with Gasteiger partial charge < -0.3 is 0 Å². The van der Waals surface area contributed by atoms with Crippen LogP contribution in [0.4, 0.5) is 0 Å². The molecule has 0 amide bonds. The molecule has 3 N–H and O–H groups in total. The number of hydrazine groups is 1. The van der Waals surface area contributed by atoms with Gasteiger partial charge >= 0.3 is 0 Å². The number of thiophene rings is 1. The molecule has 3 heteroatoms. The molecule has 0 spiro atoms. The molecule has 14 heavy (non-hydrogen) atoms. The fraction of sp³-hybridized carbons (Fsp3) is 0.636. The molecule has 1 aromatic heterocycles. The van der Waals surface area contributed by atoms with E-state index in [2.05, 4.69) is 43.0 Å². The minimum Gasteiger partial charge on any atom is -0.271 e. The molecular formula is C11H20N2S. The lowest BCUT2D eigenvalue weighted by atomic mass is 9.87. The fourth-order valence-electron chi connectivity index (χ4n) is 1.52. The Morgan fingerprint density at radius 2 is 2.14 bits per heavy atom. The van der Waals surface area contributed by atoms with Crippen LogP contribution in [-0.2, 0) is 6.42 Å². The Kier molecular flexibility index (Phi) is 4.58. The molecule has 0 aliphatic heterocycles. The van der Waals surface area contributed by atoms with Gasteiger partial charge in [-0.3, -0.25) is 11.3 Å². The van der Waals surface area contributed by atoms with Gasteiger partial charge in [-0.25, -0.2) is 0 Å². The Bertz CT molecular complexity index is 244. The van der Waals surface area contributed by atoms with E-state index in [-0.39, 0.29) is 0 Å². The van der Waals surface area contributed by atoms with Crippen LogP contribution in [0.2, 0.25) is 0 Å². The van der Waals surface area contributed by atoms with Crippen LogP contribution >= 0.6 is 11.3 Å². The predicted molar refractivity (Wildman–Crippen MR) is 63.1 cm³/mol. The Morgan fingerprint density at radius 1 is 1.43 bits per heavy atom. The van der Waals surface area contributed by atoms with E-state index in [9.17, 15) is 0 Å². The van der Waals surface area contributed by atoms with Crippen LogP contribution in [-0.4, -0.2) is 6.04 Å². The van der Waals surface area contributed by atoms with Gasteiger partial charge in [0.1, 0.15) is 0 Å². The number of hydrogen-bond donors (Lipinski definition) is 2. The van der Waals surface area contributed by atoms with Crippen molar-refractivity contribution < 1.29 is 0 Å². The second-order valence-electron chi connectivity index (χ2n) is 4.21. The Labute approximate surface area is 90.5 Å². The minimum atomic E-state index is 0.379. The molecule has 0 saturated heterocycles. The van der Waals surface area contributed by atoms with E-state index in [0.29, 0.717) is 17.9 Å². The molecule has 0 fully saturated rings. The summed E-state index contributed by atoms with van der Waals surface area (Å²) in [7, 11) is 0. The first-order chi connectivity index (χ1) is 6.65. The number of nitrogens with one attached hydrogen (secondary N) is 1. The van der Waals surface area contributed by atoms with Gasteiger partial charge in [-0.05, 0) is 40.6 Å². The molecule has 0 aromatic carbocycles. The number of hydrogen-bond acceptors (Lipinski definition) is 3. The van der Waals surface area contributed by atoms with Gasteiger partial charge in [0.2, 0.25) is 0 Å². The van der Waals surface area contributed by atoms with E-state index in [1.54, 1.807) is 11.3 Å². The average molecular weight is 212 g/mol. The van der Waals surface area contributed by atoms with Crippen LogP contribution in [0.1, 0.15) is 26.3 Å². The topological polar surface area (TPSA) is 38.0 Å². The van der Waals surface area contributed by atoms with E-state index in [0.717, 1.165) is 6.42 Å². The van der Waals surface area contributed by atoms with E-state index >= 15 is 0 Å². The summed E-state index contributed by atoms with van der Waals surface area (Å²) in [6.07, 6.45) is 1.03. The minimum absolute atomic E-state index is 0.379. The van der Waals surface area contributed by atoms with Gasteiger partial charge in [0.25, 0.3) is 0 Å². The average Bonchev–Trinajstić information content (AvgIpc) is 2.65. The molecule has 1 heterocycles. The molecule has 0 aliphatic carbocycles. The van der Waals surface area contributed by atoms with Gasteiger partial charge in [-0.2, -0.15) is 11.3 Å². The summed E-state index contributed by atoms with van der Waals surface area (Å²) >= 11 is 1.74. The third-order valence-electron chi connectivity index (χ3n) is 2.94. The Morgan fingerprint density at radius 3 is 2.57 bits per heavy atom. The van der Waals surface area contributed by atoms with Crippen molar-refractivity contribution in [3.8, 4) is 0 Å². The summed E-state index contributed by atoms with van der Waals surface area (Å²) in [6, 6.07) is 2.55. The molecule has 2 unspecified atom stereocenters. The van der Waals surface area contributed by atoms with E-state index in [4.69, 9.17) is 5.84 Å². The van der Waals surface area contributed by atoms with E-state index in [1.807, 2.05) is 0 Å². The molecule has 1 rings (SSSR count). The molecule has 2 nitrogen and oxygen atoms in total. The molecule has 0 aliphatic rings. The van der Waals surface area contributed by atoms with E-state index < -0.39 is 0 Å². The second-order valence-corrected chi connectivity index (χ2v) is 4.99. The lowest BCUT2D eigenvalue weighted by molar-refractivity contribution is 0.299. The van der Waals surface area contributed by atoms with Crippen molar-refractivity contribution in [2.45, 2.75) is 33.2 Å². The van der Waals surface area contributed by atoms with Gasteiger partial charge in [0, 0.05) is 6.04 Å². The summed E-state index contributed by atoms with van der Waals surface area (Å²) in [4.78, 5) is 0. The highest BCUT2D eigenvalue weighted by Crippen LogP contribution is 2.18. The zero-order chi connectivity index (χ0) is 10.6. The SMILES string of the molecule is CC(C)C(C)C(Cc1ccsc1)NN. The van der Waals surface area contributed by atoms with Crippen molar-refractivity contribution in [1.82, 2.24) is 5.43 Å². The third kappa shape index (κ3) is 3.08. The summed E-state index contributed by atoms with van der Waals surface area (Å²) in [5.41, 5.74) is 4.31. The van der Waals surface area contributed by atoms with Crippen LogP contribution in [0.25, 0.3) is 0 Å². The number of rotatable bonds is 5. The third-order valence-corrected chi connectivity index (χ3v) is 3.67. The highest BCUT2D eigenvalue weighted by atomic mass is 32.1. The maximum atomic E-state index is 5.58. The van der Waals surface area contributed by atoms with E-state index in [1.165, 1.54) is 5.56 Å². The summed E-state index contributed by atoms with van der Waals surface area (Å²) in [5.74, 6) is 6.84. The Hall–Kier alpha value is -0.380. The van der Waals surface area contributed by atoms with Crippen LogP contribution < -0.4 is 11.3 Å². The van der Waals surface area contributed by atoms with Crippen LogP contribution in [0.15, 0.2) is 16.8 Å². The van der Waals surface area contributed by atoms with Crippen LogP contribution in [0.5, 0.6) is 0 Å². The largest absolute Gasteiger partial charge is 0.271 e. The first kappa shape index (κ1) is 11.7. The van der Waals surface area contributed by atoms with Crippen molar-refractivity contribution in [2.24, 2.45) is 17.7 Å². The molecule has 0 bridgehead atoms. The maximum absolute atomic E-state index is 5.58. The first-order valence-corrected chi connectivity index (χ1v) is 6.06. The molecule has 0 saturated carbocycles. The van der Waals surface area contributed by atoms with Gasteiger partial charge in [-0.15, -0.1) is 0 Å². The molecule has 0 radical (unpaired) electrons. The van der Waals surface area contributed by atoms with Gasteiger partial charge in [0.15, 0.2) is 0 Å².